The van der Waals surface area contributed by atoms with E-state index in [0.717, 1.165) is 11.1 Å². The number of aryl methyl sites for hydroxylation is 1. The third kappa shape index (κ3) is 5.21. The minimum atomic E-state index is -0.972. The summed E-state index contributed by atoms with van der Waals surface area (Å²) < 4.78 is 4.95. The Kier molecular flexibility index (Phi) is 6.11. The topological polar surface area (TPSA) is 79.2 Å². The van der Waals surface area contributed by atoms with Gasteiger partial charge in [-0.25, -0.2) is 0 Å². The summed E-state index contributed by atoms with van der Waals surface area (Å²) >= 11 is 0. The monoisotopic (exact) mass is 302 g/mol. The molecule has 1 amide bonds. The molecule has 0 heterocycles. The number of hydrogen-bond donors (Lipinski definition) is 1. The number of carbonyl (C=O) groups excluding carboxylic acids is 2. The first-order valence-electron chi connectivity index (χ1n) is 7.20. The fourth-order valence-corrected chi connectivity index (χ4v) is 1.70. The predicted molar refractivity (Wildman–Crippen MR) is 82.8 cm³/mol. The molecule has 1 atom stereocenters. The van der Waals surface area contributed by atoms with E-state index in [2.05, 4.69) is 11.4 Å². The van der Waals surface area contributed by atoms with E-state index in [0.29, 0.717) is 0 Å². The Balaban J connectivity index is 2.45. The van der Waals surface area contributed by atoms with Gasteiger partial charge in [0, 0.05) is 0 Å². The Morgan fingerprint density at radius 3 is 2.41 bits per heavy atom. The van der Waals surface area contributed by atoms with E-state index in [1.165, 1.54) is 0 Å². The number of amides is 1. The van der Waals surface area contributed by atoms with Crippen molar-refractivity contribution in [1.29, 1.82) is 5.26 Å². The normalized spacial score (nSPS) is 13.1. The van der Waals surface area contributed by atoms with Crippen LogP contribution >= 0.6 is 0 Å². The highest BCUT2D eigenvalue weighted by Gasteiger charge is 2.30. The van der Waals surface area contributed by atoms with Crippen molar-refractivity contribution in [2.75, 3.05) is 6.61 Å². The lowest BCUT2D eigenvalue weighted by Gasteiger charge is -2.27. The van der Waals surface area contributed by atoms with Crippen LogP contribution in [0, 0.1) is 24.2 Å². The van der Waals surface area contributed by atoms with Crippen molar-refractivity contribution in [1.82, 2.24) is 5.32 Å². The highest BCUT2D eigenvalue weighted by molar-refractivity contribution is 5.82. The maximum absolute atomic E-state index is 11.8. The summed E-state index contributed by atoms with van der Waals surface area (Å²) in [5, 5.41) is 11.7. The molecule has 0 radical (unpaired) electrons. The van der Waals surface area contributed by atoms with Crippen LogP contribution in [0.5, 0.6) is 0 Å². The maximum atomic E-state index is 11.8. The van der Waals surface area contributed by atoms with E-state index in [9.17, 15) is 9.59 Å². The molecule has 0 spiro atoms. The lowest BCUT2D eigenvalue weighted by Crippen LogP contribution is -2.50. The van der Waals surface area contributed by atoms with E-state index in [1.54, 1.807) is 6.92 Å². The highest BCUT2D eigenvalue weighted by atomic mass is 16.5. The van der Waals surface area contributed by atoms with Crippen LogP contribution in [-0.2, 0) is 20.7 Å². The number of ether oxygens (including phenoxy) is 1. The van der Waals surface area contributed by atoms with E-state index in [-0.39, 0.29) is 18.9 Å². The van der Waals surface area contributed by atoms with Crippen molar-refractivity contribution in [3.05, 3.63) is 35.4 Å². The third-order valence-electron chi connectivity index (χ3n) is 3.62. The fourth-order valence-electron chi connectivity index (χ4n) is 1.70. The minimum Gasteiger partial charge on any atom is -0.455 e. The van der Waals surface area contributed by atoms with Gasteiger partial charge in [-0.3, -0.25) is 9.59 Å². The van der Waals surface area contributed by atoms with Crippen molar-refractivity contribution in [2.24, 2.45) is 5.92 Å². The first kappa shape index (κ1) is 17.7. The van der Waals surface area contributed by atoms with E-state index in [4.69, 9.17) is 10.00 Å². The van der Waals surface area contributed by atoms with Crippen LogP contribution in [0.2, 0.25) is 0 Å². The molecule has 0 aliphatic rings. The molecule has 118 valence electrons. The molecule has 5 nitrogen and oxygen atoms in total. The van der Waals surface area contributed by atoms with Gasteiger partial charge in [-0.05, 0) is 25.3 Å². The summed E-state index contributed by atoms with van der Waals surface area (Å²) in [4.78, 5) is 23.5. The molecule has 0 aromatic heterocycles. The number of carbonyl (C=O) groups is 2. The number of nitriles is 1. The molecule has 0 aliphatic carbocycles. The molecule has 22 heavy (non-hydrogen) atoms. The first-order valence-corrected chi connectivity index (χ1v) is 7.20. The fraction of sp³-hybridized carbons (Fsp3) is 0.471. The molecule has 1 aromatic carbocycles. The molecule has 0 bridgehead atoms. The Hall–Kier alpha value is -2.35. The van der Waals surface area contributed by atoms with Gasteiger partial charge in [0.05, 0.1) is 12.5 Å². The van der Waals surface area contributed by atoms with Gasteiger partial charge in [-0.2, -0.15) is 5.26 Å². The van der Waals surface area contributed by atoms with Gasteiger partial charge in [0.1, 0.15) is 5.54 Å². The van der Waals surface area contributed by atoms with Crippen molar-refractivity contribution in [3.63, 3.8) is 0 Å². The summed E-state index contributed by atoms with van der Waals surface area (Å²) in [6, 6.07) is 9.59. The number of nitrogens with one attached hydrogen (secondary N) is 1. The number of benzene rings is 1. The number of rotatable bonds is 6. The van der Waals surface area contributed by atoms with Gasteiger partial charge in [-0.1, -0.05) is 43.7 Å². The summed E-state index contributed by atoms with van der Waals surface area (Å²) in [5.41, 5.74) is 0.974. The molecule has 0 fully saturated rings. The van der Waals surface area contributed by atoms with Crippen molar-refractivity contribution >= 4 is 11.9 Å². The summed E-state index contributed by atoms with van der Waals surface area (Å²) in [5.74, 6) is -0.998. The minimum absolute atomic E-state index is 0.0512. The van der Waals surface area contributed by atoms with Gasteiger partial charge in [-0.15, -0.1) is 0 Å². The largest absolute Gasteiger partial charge is 0.455 e. The molecule has 5 heteroatoms. The maximum Gasteiger partial charge on any atom is 0.310 e. The van der Waals surface area contributed by atoms with Crippen LogP contribution in [0.25, 0.3) is 0 Å². The number of hydrogen-bond acceptors (Lipinski definition) is 4. The van der Waals surface area contributed by atoms with Crippen molar-refractivity contribution < 1.29 is 14.3 Å². The second kappa shape index (κ2) is 7.60. The Labute approximate surface area is 131 Å². The second-order valence-electron chi connectivity index (χ2n) is 5.84. The molecule has 0 aliphatic heterocycles. The van der Waals surface area contributed by atoms with Gasteiger partial charge in [0.25, 0.3) is 5.91 Å². The van der Waals surface area contributed by atoms with Crippen LogP contribution in [0.3, 0.4) is 0 Å². The second-order valence-corrected chi connectivity index (χ2v) is 5.84. The van der Waals surface area contributed by atoms with Crippen LogP contribution in [0.1, 0.15) is 31.9 Å². The molecule has 0 saturated carbocycles. The zero-order valence-electron chi connectivity index (χ0n) is 13.5. The number of esters is 1. The number of nitrogens with zero attached hydrogens (tertiary/aromatic N) is 1. The molecular formula is C17H22N2O3. The van der Waals surface area contributed by atoms with Crippen LogP contribution < -0.4 is 5.32 Å². The quantitative estimate of drug-likeness (QED) is 0.816. The van der Waals surface area contributed by atoms with Crippen LogP contribution in [0.15, 0.2) is 24.3 Å². The third-order valence-corrected chi connectivity index (χ3v) is 3.62. The molecule has 0 saturated heterocycles. The lowest BCUT2D eigenvalue weighted by molar-refractivity contribution is -0.148. The van der Waals surface area contributed by atoms with Gasteiger partial charge in [0.2, 0.25) is 0 Å². The highest BCUT2D eigenvalue weighted by Crippen LogP contribution is 2.14. The zero-order valence-corrected chi connectivity index (χ0v) is 13.5. The average Bonchev–Trinajstić information content (AvgIpc) is 2.47. The summed E-state index contributed by atoms with van der Waals surface area (Å²) in [6.07, 6.45) is 0.118. The molecule has 1 aromatic rings. The van der Waals surface area contributed by atoms with Crippen LogP contribution in [0.4, 0.5) is 0 Å². The smallest absolute Gasteiger partial charge is 0.310 e. The zero-order chi connectivity index (χ0) is 16.8. The Bertz CT molecular complexity index is 573. The van der Waals surface area contributed by atoms with Crippen LogP contribution in [-0.4, -0.2) is 24.0 Å². The van der Waals surface area contributed by atoms with Crippen molar-refractivity contribution in [2.45, 2.75) is 39.7 Å². The van der Waals surface area contributed by atoms with Gasteiger partial charge >= 0.3 is 5.97 Å². The lowest BCUT2D eigenvalue weighted by atomic mass is 9.90. The van der Waals surface area contributed by atoms with E-state index < -0.39 is 17.4 Å². The summed E-state index contributed by atoms with van der Waals surface area (Å²) in [6.45, 7) is 6.91. The predicted octanol–water partition coefficient (Wildman–Crippen LogP) is 2.14. The van der Waals surface area contributed by atoms with Gasteiger partial charge < -0.3 is 10.1 Å². The van der Waals surface area contributed by atoms with E-state index in [1.807, 2.05) is 45.0 Å². The molecular weight excluding hydrogens is 280 g/mol. The summed E-state index contributed by atoms with van der Waals surface area (Å²) in [7, 11) is 0. The Morgan fingerprint density at radius 2 is 1.91 bits per heavy atom. The standard InChI is InChI=1S/C17H22N2O3/c1-12(2)17(4,11-18)19-15(20)10-22-16(21)9-14-7-5-13(3)6-8-14/h5-8,12H,9-10H2,1-4H3,(H,19,20)/t17-/m0/s1. The molecule has 1 N–H and O–H groups in total. The van der Waals surface area contributed by atoms with Gasteiger partial charge in [0.15, 0.2) is 6.61 Å². The van der Waals surface area contributed by atoms with Crippen molar-refractivity contribution in [3.8, 4) is 6.07 Å². The average molecular weight is 302 g/mol. The molecule has 1 rings (SSSR count). The SMILES string of the molecule is Cc1ccc(CC(=O)OCC(=O)N[C@@](C)(C#N)C(C)C)cc1. The Morgan fingerprint density at radius 1 is 1.32 bits per heavy atom. The van der Waals surface area contributed by atoms with E-state index >= 15 is 0 Å². The molecule has 0 unspecified atom stereocenters. The first-order chi connectivity index (χ1) is 10.3.